The fourth-order valence-corrected chi connectivity index (χ4v) is 8.08. The van der Waals surface area contributed by atoms with Gasteiger partial charge in [-0.15, -0.1) is 0 Å². The molecule has 368 valence electrons. The van der Waals surface area contributed by atoms with E-state index < -0.39 is 32.5 Å². The Morgan fingerprint density at radius 1 is 0.429 bits per heavy atom. The predicted molar refractivity (Wildman–Crippen MR) is 267 cm³/mol. The third-order valence-corrected chi connectivity index (χ3v) is 12.1. The molecule has 2 N–H and O–H groups in total. The lowest BCUT2D eigenvalue weighted by Crippen LogP contribution is -2.29. The van der Waals surface area contributed by atoms with E-state index in [2.05, 4.69) is 67.0 Å². The molecule has 0 fully saturated rings. The first-order chi connectivity index (χ1) is 30.8. The SMILES string of the molecule is CC/C=C\C/C=C\C/C=C\C/C=C\CCCCCCCCCCCCC(=O)OC(COC(=O)CCCCCCCCCCCCCCCCCCCCCCCC)COP(=O)(O)O. The van der Waals surface area contributed by atoms with Gasteiger partial charge in [0, 0.05) is 12.8 Å². The summed E-state index contributed by atoms with van der Waals surface area (Å²) in [5.74, 6) is -0.877. The number of phosphoric acid groups is 1. The number of esters is 2. The molecule has 0 saturated carbocycles. The van der Waals surface area contributed by atoms with Crippen molar-refractivity contribution in [3.63, 3.8) is 0 Å². The molecule has 1 atom stereocenters. The van der Waals surface area contributed by atoms with Gasteiger partial charge in [-0.1, -0.05) is 249 Å². The van der Waals surface area contributed by atoms with E-state index in [0.717, 1.165) is 70.6 Å². The lowest BCUT2D eigenvalue weighted by atomic mass is 10.0. The largest absolute Gasteiger partial charge is 0.469 e. The number of rotatable bonds is 49. The van der Waals surface area contributed by atoms with Crippen LogP contribution in [0.4, 0.5) is 0 Å². The Labute approximate surface area is 388 Å². The maximum Gasteiger partial charge on any atom is 0.469 e. The van der Waals surface area contributed by atoms with Gasteiger partial charge in [-0.05, 0) is 51.4 Å². The Morgan fingerprint density at radius 3 is 1.14 bits per heavy atom. The molecule has 0 aliphatic heterocycles. The van der Waals surface area contributed by atoms with Gasteiger partial charge in [0.05, 0.1) is 6.61 Å². The van der Waals surface area contributed by atoms with Crippen LogP contribution in [0, 0.1) is 0 Å². The van der Waals surface area contributed by atoms with Gasteiger partial charge in [-0.2, -0.15) is 0 Å². The summed E-state index contributed by atoms with van der Waals surface area (Å²) < 4.78 is 26.6. The smallest absolute Gasteiger partial charge is 0.462 e. The lowest BCUT2D eigenvalue weighted by molar-refractivity contribution is -0.161. The summed E-state index contributed by atoms with van der Waals surface area (Å²) >= 11 is 0. The normalized spacial score (nSPS) is 12.8. The predicted octanol–water partition coefficient (Wildman–Crippen LogP) is 17.0. The highest BCUT2D eigenvalue weighted by Crippen LogP contribution is 2.36. The number of carbonyl (C=O) groups excluding carboxylic acids is 2. The van der Waals surface area contributed by atoms with Crippen molar-refractivity contribution in [2.75, 3.05) is 13.2 Å². The van der Waals surface area contributed by atoms with Crippen LogP contribution in [-0.4, -0.2) is 41.0 Å². The van der Waals surface area contributed by atoms with Crippen LogP contribution < -0.4 is 0 Å². The number of ether oxygens (including phenoxy) is 2. The molecule has 63 heavy (non-hydrogen) atoms. The Bertz CT molecular complexity index is 1160. The van der Waals surface area contributed by atoms with Crippen molar-refractivity contribution >= 4 is 19.8 Å². The molecule has 0 aromatic carbocycles. The average molecular weight is 907 g/mol. The second-order valence-corrected chi connectivity index (χ2v) is 19.1. The summed E-state index contributed by atoms with van der Waals surface area (Å²) in [6, 6.07) is 0. The highest BCUT2D eigenvalue weighted by atomic mass is 31.2. The molecule has 0 spiro atoms. The summed E-state index contributed by atoms with van der Waals surface area (Å²) in [7, 11) is -4.76. The monoisotopic (exact) mass is 907 g/mol. The van der Waals surface area contributed by atoms with Gasteiger partial charge in [0.15, 0.2) is 6.10 Å². The maximum absolute atomic E-state index is 12.5. The molecular weight excluding hydrogens is 808 g/mol. The molecule has 0 aliphatic carbocycles. The van der Waals surface area contributed by atoms with Gasteiger partial charge in [0.2, 0.25) is 0 Å². The van der Waals surface area contributed by atoms with Crippen molar-refractivity contribution in [3.05, 3.63) is 48.6 Å². The summed E-state index contributed by atoms with van der Waals surface area (Å²) in [6.45, 7) is 3.62. The molecule has 9 heteroatoms. The molecule has 1 unspecified atom stereocenters. The maximum atomic E-state index is 12.5. The molecule has 0 aromatic rings. The van der Waals surface area contributed by atoms with Crippen LogP contribution in [-0.2, 0) is 28.2 Å². The van der Waals surface area contributed by atoms with Crippen molar-refractivity contribution in [2.24, 2.45) is 0 Å². The zero-order valence-electron chi connectivity index (χ0n) is 41.0. The fraction of sp³-hybridized carbons (Fsp3) is 0.815. The first-order valence-corrected chi connectivity index (χ1v) is 28.0. The second kappa shape index (κ2) is 49.4. The molecule has 0 amide bonds. The molecule has 0 aromatic heterocycles. The summed E-state index contributed by atoms with van der Waals surface area (Å²) in [5.41, 5.74) is 0. The third-order valence-electron chi connectivity index (χ3n) is 11.6. The van der Waals surface area contributed by atoms with Crippen molar-refractivity contribution in [3.8, 4) is 0 Å². The molecular formula is C54H99O8P. The summed E-state index contributed by atoms with van der Waals surface area (Å²) in [6.07, 6.45) is 62.8. The van der Waals surface area contributed by atoms with Crippen LogP contribution in [0.3, 0.4) is 0 Å². The van der Waals surface area contributed by atoms with E-state index in [4.69, 9.17) is 19.3 Å². The van der Waals surface area contributed by atoms with E-state index in [9.17, 15) is 14.2 Å². The van der Waals surface area contributed by atoms with Crippen molar-refractivity contribution < 1.29 is 37.9 Å². The van der Waals surface area contributed by atoms with E-state index in [0.29, 0.717) is 6.42 Å². The Hall–Kier alpha value is -1.99. The molecule has 0 aliphatic rings. The van der Waals surface area contributed by atoms with Crippen LogP contribution in [0.25, 0.3) is 0 Å². The van der Waals surface area contributed by atoms with Gasteiger partial charge in [0.1, 0.15) is 6.61 Å². The first-order valence-electron chi connectivity index (χ1n) is 26.4. The molecule has 0 saturated heterocycles. The van der Waals surface area contributed by atoms with E-state index in [1.165, 1.54) is 161 Å². The molecule has 0 radical (unpaired) electrons. The quantitative estimate of drug-likeness (QED) is 0.0268. The zero-order chi connectivity index (χ0) is 46.0. The highest BCUT2D eigenvalue weighted by molar-refractivity contribution is 7.46. The van der Waals surface area contributed by atoms with Crippen LogP contribution in [0.2, 0.25) is 0 Å². The molecule has 0 bridgehead atoms. The van der Waals surface area contributed by atoms with Crippen LogP contribution in [0.15, 0.2) is 48.6 Å². The number of unbranched alkanes of at least 4 members (excludes halogenated alkanes) is 31. The number of carbonyl (C=O) groups is 2. The van der Waals surface area contributed by atoms with E-state index in [1.807, 2.05) is 0 Å². The minimum absolute atomic E-state index is 0.207. The van der Waals surface area contributed by atoms with E-state index in [-0.39, 0.29) is 19.4 Å². The van der Waals surface area contributed by atoms with Gasteiger partial charge in [-0.25, -0.2) is 4.57 Å². The topological polar surface area (TPSA) is 119 Å². The Kier molecular flexibility index (Phi) is 47.9. The summed E-state index contributed by atoms with van der Waals surface area (Å²) in [4.78, 5) is 43.2. The number of hydrogen-bond acceptors (Lipinski definition) is 6. The average Bonchev–Trinajstić information content (AvgIpc) is 3.26. The number of phosphoric ester groups is 1. The molecule has 0 rings (SSSR count). The summed E-state index contributed by atoms with van der Waals surface area (Å²) in [5, 5.41) is 0. The lowest BCUT2D eigenvalue weighted by Gasteiger charge is -2.18. The van der Waals surface area contributed by atoms with Crippen LogP contribution in [0.1, 0.15) is 264 Å². The van der Waals surface area contributed by atoms with Crippen LogP contribution >= 0.6 is 7.82 Å². The van der Waals surface area contributed by atoms with Gasteiger partial charge in [-0.3, -0.25) is 14.1 Å². The first kappa shape index (κ1) is 61.0. The molecule has 8 nitrogen and oxygen atoms in total. The van der Waals surface area contributed by atoms with Gasteiger partial charge < -0.3 is 19.3 Å². The van der Waals surface area contributed by atoms with Gasteiger partial charge in [0.25, 0.3) is 0 Å². The minimum atomic E-state index is -4.76. The van der Waals surface area contributed by atoms with E-state index in [1.54, 1.807) is 0 Å². The van der Waals surface area contributed by atoms with E-state index >= 15 is 0 Å². The standard InChI is InChI=1S/C54H99O8P/c1-3-5-7-9-11-13-15-17-19-21-23-25-27-29-31-33-35-37-39-41-43-45-47-49-54(56)62-52(51-61-63(57,58)59)50-60-53(55)48-46-44-42-40-38-36-34-32-30-28-26-24-22-20-18-16-14-12-10-8-6-4-2/h5,7,11,13,17,19,23,25,52H,3-4,6,8-10,12,14-16,18,20-22,24,26-51H2,1-2H3,(H2,57,58,59)/b7-5-,13-11-,19-17-,25-23-. The highest BCUT2D eigenvalue weighted by Gasteiger charge is 2.23. The second-order valence-electron chi connectivity index (χ2n) is 17.8. The van der Waals surface area contributed by atoms with Crippen molar-refractivity contribution in [1.29, 1.82) is 0 Å². The van der Waals surface area contributed by atoms with Crippen molar-refractivity contribution in [1.82, 2.24) is 0 Å². The minimum Gasteiger partial charge on any atom is -0.462 e. The Balaban J connectivity index is 3.79. The molecule has 0 heterocycles. The van der Waals surface area contributed by atoms with Crippen molar-refractivity contribution in [2.45, 2.75) is 270 Å². The third kappa shape index (κ3) is 52.5. The Morgan fingerprint density at radius 2 is 0.762 bits per heavy atom. The zero-order valence-corrected chi connectivity index (χ0v) is 41.9. The number of hydrogen-bond donors (Lipinski definition) is 2. The number of allylic oxidation sites excluding steroid dienone is 8. The van der Waals surface area contributed by atoms with Gasteiger partial charge >= 0.3 is 19.8 Å². The fourth-order valence-electron chi connectivity index (χ4n) is 7.72. The van der Waals surface area contributed by atoms with Crippen LogP contribution in [0.5, 0.6) is 0 Å².